The molecule has 2 aromatic heterocycles. The topological polar surface area (TPSA) is 102 Å². The zero-order valence-electron chi connectivity index (χ0n) is 24.3. The highest BCUT2D eigenvalue weighted by molar-refractivity contribution is 7.99. The summed E-state index contributed by atoms with van der Waals surface area (Å²) in [4.78, 5) is 27.5. The lowest BCUT2D eigenvalue weighted by atomic mass is 10.0. The number of amides is 2. The molecule has 228 valence electrons. The van der Waals surface area contributed by atoms with Crippen LogP contribution < -0.4 is 10.1 Å². The molecule has 0 spiro atoms. The monoisotopic (exact) mass is 640 g/mol. The summed E-state index contributed by atoms with van der Waals surface area (Å²) >= 11 is 2.83. The molecule has 2 amide bonds. The van der Waals surface area contributed by atoms with Crippen LogP contribution in [0.1, 0.15) is 44.6 Å². The molecule has 3 aromatic carbocycles. The molecule has 9 nitrogen and oxygen atoms in total. The van der Waals surface area contributed by atoms with Crippen LogP contribution in [-0.4, -0.2) is 50.2 Å². The lowest BCUT2D eigenvalue weighted by Gasteiger charge is -2.22. The van der Waals surface area contributed by atoms with Gasteiger partial charge in [-0.2, -0.15) is 5.10 Å². The molecule has 45 heavy (non-hydrogen) atoms. The van der Waals surface area contributed by atoms with E-state index in [2.05, 4.69) is 15.5 Å². The molecule has 0 bridgehead atoms. The number of ether oxygens (including phenoxy) is 1. The van der Waals surface area contributed by atoms with Gasteiger partial charge in [0.15, 0.2) is 11.0 Å². The normalized spacial score (nSPS) is 14.3. The number of thiophene rings is 1. The lowest BCUT2D eigenvalue weighted by Crippen LogP contribution is -2.28. The fourth-order valence-corrected chi connectivity index (χ4v) is 6.48. The number of carbonyl (C=O) groups is 2. The largest absolute Gasteiger partial charge is 0.497 e. The number of thioether (sulfide) groups is 1. The van der Waals surface area contributed by atoms with Gasteiger partial charge >= 0.3 is 0 Å². The number of hydrogen-bond donors (Lipinski definition) is 1. The van der Waals surface area contributed by atoms with Gasteiger partial charge < -0.3 is 14.6 Å². The third-order valence-corrected chi connectivity index (χ3v) is 9.16. The van der Waals surface area contributed by atoms with Crippen LogP contribution in [0.3, 0.4) is 0 Å². The quantitative estimate of drug-likeness (QED) is 0.180. The van der Waals surface area contributed by atoms with Crippen molar-refractivity contribution in [3.8, 4) is 5.75 Å². The van der Waals surface area contributed by atoms with Crippen LogP contribution in [-0.2, 0) is 17.9 Å². The summed E-state index contributed by atoms with van der Waals surface area (Å²) in [6, 6.07) is 26.5. The molecule has 12 heteroatoms. The molecule has 6 rings (SSSR count). The number of halogens is 1. The fourth-order valence-electron chi connectivity index (χ4n) is 4.95. The SMILES string of the molecule is COc1ccc(C(=O)NCc2nnc(SCC(=O)N3N=C(c4cccs4)C[C@@H]3c3ccc(F)cc3)n2Cc2ccccc2)cc1. The Morgan fingerprint density at radius 3 is 2.49 bits per heavy atom. The fraction of sp³-hybridized carbons (Fsp3) is 0.182. The number of hydrogen-bond acceptors (Lipinski definition) is 8. The zero-order chi connectivity index (χ0) is 31.2. The predicted molar refractivity (Wildman–Crippen MR) is 172 cm³/mol. The van der Waals surface area contributed by atoms with Gasteiger partial charge in [0, 0.05) is 12.0 Å². The van der Waals surface area contributed by atoms with Crippen LogP contribution in [0.15, 0.2) is 107 Å². The van der Waals surface area contributed by atoms with Crippen LogP contribution in [0.4, 0.5) is 4.39 Å². The number of carbonyl (C=O) groups excluding carboxylic acids is 2. The van der Waals surface area contributed by atoms with Gasteiger partial charge in [-0.1, -0.05) is 60.3 Å². The van der Waals surface area contributed by atoms with Crippen molar-refractivity contribution >= 4 is 40.6 Å². The van der Waals surface area contributed by atoms with Crippen molar-refractivity contribution in [1.29, 1.82) is 0 Å². The molecule has 0 fully saturated rings. The molecule has 1 atom stereocenters. The smallest absolute Gasteiger partial charge is 0.253 e. The van der Waals surface area contributed by atoms with Gasteiger partial charge in [0.05, 0.1) is 42.6 Å². The summed E-state index contributed by atoms with van der Waals surface area (Å²) in [5.74, 6) is 0.486. The molecule has 5 aromatic rings. The molecular formula is C33H29FN6O3S2. The zero-order valence-corrected chi connectivity index (χ0v) is 25.9. The molecule has 0 saturated heterocycles. The van der Waals surface area contributed by atoms with E-state index in [4.69, 9.17) is 9.84 Å². The lowest BCUT2D eigenvalue weighted by molar-refractivity contribution is -0.130. The molecule has 0 unspecified atom stereocenters. The van der Waals surface area contributed by atoms with Crippen LogP contribution in [0.5, 0.6) is 5.75 Å². The molecule has 1 aliphatic heterocycles. The number of methoxy groups -OCH3 is 1. The third kappa shape index (κ3) is 7.13. The van der Waals surface area contributed by atoms with Gasteiger partial charge in [0.25, 0.3) is 11.8 Å². The van der Waals surface area contributed by atoms with Crippen molar-refractivity contribution in [3.05, 3.63) is 130 Å². The number of nitrogens with one attached hydrogen (secondary N) is 1. The molecule has 3 heterocycles. The number of hydrazone groups is 1. The summed E-state index contributed by atoms with van der Waals surface area (Å²) in [5.41, 5.74) is 3.15. The summed E-state index contributed by atoms with van der Waals surface area (Å²) in [7, 11) is 1.57. The van der Waals surface area contributed by atoms with E-state index >= 15 is 0 Å². The first-order valence-electron chi connectivity index (χ1n) is 14.2. The van der Waals surface area contributed by atoms with E-state index < -0.39 is 0 Å². The van der Waals surface area contributed by atoms with Crippen LogP contribution in [0, 0.1) is 5.82 Å². The average Bonchev–Trinajstić information content (AvgIpc) is 3.84. The van der Waals surface area contributed by atoms with Crippen molar-refractivity contribution in [3.63, 3.8) is 0 Å². The van der Waals surface area contributed by atoms with Crippen LogP contribution in [0.2, 0.25) is 0 Å². The van der Waals surface area contributed by atoms with Crippen molar-refractivity contribution in [2.45, 2.75) is 30.7 Å². The van der Waals surface area contributed by atoms with E-state index in [1.165, 1.54) is 28.9 Å². The Labute approximate surface area is 267 Å². The summed E-state index contributed by atoms with van der Waals surface area (Å²) in [6.07, 6.45) is 0.533. The maximum Gasteiger partial charge on any atom is 0.253 e. The van der Waals surface area contributed by atoms with E-state index in [1.54, 1.807) is 54.8 Å². The second-order valence-electron chi connectivity index (χ2n) is 10.2. The summed E-state index contributed by atoms with van der Waals surface area (Å²) in [5, 5.41) is 20.4. The standard InChI is InChI=1S/C33H29FN6O3S2/c1-43-26-15-11-24(12-16-26)32(42)35-19-30-36-37-33(39(30)20-22-6-3-2-4-7-22)45-21-31(41)40-28(23-9-13-25(34)14-10-23)18-27(38-40)29-8-5-17-44-29/h2-17,28H,18-21H2,1H3,(H,35,42)/t28-/m1/s1. The van der Waals surface area contributed by atoms with Crippen molar-refractivity contribution in [2.24, 2.45) is 5.10 Å². The van der Waals surface area contributed by atoms with Gasteiger partial charge in [0.1, 0.15) is 11.6 Å². The Morgan fingerprint density at radius 2 is 1.78 bits per heavy atom. The van der Waals surface area contributed by atoms with Gasteiger partial charge in [-0.25, -0.2) is 9.40 Å². The summed E-state index contributed by atoms with van der Waals surface area (Å²) < 4.78 is 20.8. The maximum absolute atomic E-state index is 13.7. The minimum absolute atomic E-state index is 0.0596. The Hall–Kier alpha value is -4.81. The molecule has 0 aliphatic carbocycles. The van der Waals surface area contributed by atoms with E-state index in [0.29, 0.717) is 35.3 Å². The van der Waals surface area contributed by atoms with Crippen LogP contribution >= 0.6 is 23.1 Å². The first kappa shape index (κ1) is 30.2. The second kappa shape index (κ2) is 13.9. The van der Waals surface area contributed by atoms with Crippen molar-refractivity contribution in [1.82, 2.24) is 25.1 Å². The average molecular weight is 641 g/mol. The Balaban J connectivity index is 1.20. The number of nitrogens with zero attached hydrogens (tertiary/aromatic N) is 5. The van der Waals surface area contributed by atoms with Gasteiger partial charge in [0.2, 0.25) is 0 Å². The highest BCUT2D eigenvalue weighted by atomic mass is 32.2. The van der Waals surface area contributed by atoms with Crippen molar-refractivity contribution in [2.75, 3.05) is 12.9 Å². The minimum atomic E-state index is -0.346. The molecule has 1 N–H and O–H groups in total. The van der Waals surface area contributed by atoms with Gasteiger partial charge in [-0.05, 0) is 59.0 Å². The molecule has 0 saturated carbocycles. The highest BCUT2D eigenvalue weighted by Crippen LogP contribution is 2.35. The second-order valence-corrected chi connectivity index (χ2v) is 12.1. The third-order valence-electron chi connectivity index (χ3n) is 7.29. The first-order chi connectivity index (χ1) is 22.0. The van der Waals surface area contributed by atoms with Crippen LogP contribution in [0.25, 0.3) is 0 Å². The van der Waals surface area contributed by atoms with Gasteiger partial charge in [-0.3, -0.25) is 9.59 Å². The predicted octanol–water partition coefficient (Wildman–Crippen LogP) is 5.94. The minimum Gasteiger partial charge on any atom is -0.497 e. The van der Waals surface area contributed by atoms with Crippen molar-refractivity contribution < 1.29 is 18.7 Å². The Morgan fingerprint density at radius 1 is 1.00 bits per heavy atom. The van der Waals surface area contributed by atoms with E-state index in [-0.39, 0.29) is 36.0 Å². The van der Waals surface area contributed by atoms with E-state index in [0.717, 1.165) is 21.7 Å². The summed E-state index contributed by atoms with van der Waals surface area (Å²) in [6.45, 7) is 0.604. The maximum atomic E-state index is 13.7. The molecule has 1 aliphatic rings. The molecule has 0 radical (unpaired) electrons. The number of rotatable bonds is 11. The van der Waals surface area contributed by atoms with E-state index in [1.807, 2.05) is 52.4 Å². The van der Waals surface area contributed by atoms with Gasteiger partial charge in [-0.15, -0.1) is 21.5 Å². The molecular weight excluding hydrogens is 612 g/mol. The number of aromatic nitrogens is 3. The van der Waals surface area contributed by atoms with E-state index in [9.17, 15) is 14.0 Å². The number of benzene rings is 3. The first-order valence-corrected chi connectivity index (χ1v) is 16.0. The Bertz CT molecular complexity index is 1790. The Kier molecular flexibility index (Phi) is 9.32. The highest BCUT2D eigenvalue weighted by Gasteiger charge is 2.33.